The maximum absolute atomic E-state index is 13.3. The maximum atomic E-state index is 13.3. The molecule has 120 heavy (non-hydrogen) atoms. The standard InChI is InChI=1S/C21H16FNO2.C19H13FN4O2.C19H12FNO2.C14H12BrFO2.C14H13FO2.C8H9BrO2/c1-23-17-10-6-15(7-11-17)19-13-21(25-3)20(24-2)12-18(19)14-4-8-16(22)9-5-14;20-14-7-5-12(6-8-14)16-10-18(26)17(25)9-15(16)11-1-3-13(4-2-11)19-21-23-24-22-19;1-21-15-8-4-13(5-9-15)17-11-19(23)18(22)10-16(17)12-2-6-14(20)7-3-12;1-17-13-7-11(12(15)8-14(13)18-2)9-3-5-10(16)6-4-9;1-16-13-8-5-11(9-14(13)17-2)10-3-6-12(15)7-4-10;1-10-7-4-3-6(9)5-8(7)11-2/h4-13H,2-3H3;1-10,25-26H,(H,21,22,23,24);2-11,22-23H;3-8H,1-2H3;3-9H,1-2H3;3-5H,1-2H3. The Kier molecular flexibility index (Phi) is 30.9. The predicted molar refractivity (Wildman–Crippen MR) is 462 cm³/mol. The quantitative estimate of drug-likeness (QED) is 0.0325. The Morgan fingerprint density at radius 1 is 0.275 bits per heavy atom. The number of aromatic amines is 1. The van der Waals surface area contributed by atoms with E-state index in [2.05, 4.69) is 62.2 Å². The van der Waals surface area contributed by atoms with Crippen molar-refractivity contribution >= 4 is 43.2 Å². The zero-order valence-corrected chi connectivity index (χ0v) is 68.7. The molecule has 0 unspecified atom stereocenters. The molecule has 5 N–H and O–H groups in total. The highest BCUT2D eigenvalue weighted by atomic mass is 79.9. The van der Waals surface area contributed by atoms with Crippen LogP contribution in [0.4, 0.5) is 33.3 Å². The van der Waals surface area contributed by atoms with Crippen molar-refractivity contribution in [2.24, 2.45) is 0 Å². The summed E-state index contributed by atoms with van der Waals surface area (Å²) in [7, 11) is 12.7. The van der Waals surface area contributed by atoms with Crippen LogP contribution in [0.1, 0.15) is 0 Å². The summed E-state index contributed by atoms with van der Waals surface area (Å²) in [5.41, 5.74) is 15.0. The number of nitrogens with zero attached hydrogens (tertiary/aromatic N) is 5. The number of H-pyrrole nitrogens is 1. The number of aromatic nitrogens is 4. The molecule has 0 aliphatic rings. The number of aromatic hydroxyl groups is 4. The lowest BCUT2D eigenvalue weighted by Gasteiger charge is -2.16. The van der Waals surface area contributed by atoms with Crippen molar-refractivity contribution in [2.75, 3.05) is 56.9 Å². The third-order valence-electron chi connectivity index (χ3n) is 18.2. The van der Waals surface area contributed by atoms with E-state index in [0.29, 0.717) is 79.5 Å². The first-order valence-corrected chi connectivity index (χ1v) is 37.6. The zero-order valence-electron chi connectivity index (χ0n) is 65.5. The van der Waals surface area contributed by atoms with Crippen molar-refractivity contribution in [1.29, 1.82) is 0 Å². The number of halogens is 7. The number of nitrogens with one attached hydrogen (secondary N) is 1. The monoisotopic (exact) mass is 1740 g/mol. The van der Waals surface area contributed by atoms with Gasteiger partial charge in [-0.05, 0) is 234 Å². The van der Waals surface area contributed by atoms with E-state index >= 15 is 0 Å². The van der Waals surface area contributed by atoms with Crippen molar-refractivity contribution in [3.63, 3.8) is 0 Å². The number of tetrazole rings is 1. The van der Waals surface area contributed by atoms with Crippen LogP contribution in [0, 0.1) is 42.2 Å². The molecule has 0 amide bonds. The number of phenols is 4. The van der Waals surface area contributed by atoms with Gasteiger partial charge in [-0.25, -0.2) is 31.6 Å². The van der Waals surface area contributed by atoms with E-state index in [9.17, 15) is 42.4 Å². The summed E-state index contributed by atoms with van der Waals surface area (Å²) in [5, 5.41) is 53.3. The third kappa shape index (κ3) is 22.7. The molecule has 15 rings (SSSR count). The summed E-state index contributed by atoms with van der Waals surface area (Å²) in [6.45, 7) is 14.1. The fraction of sp³-hybridized carbons (Fsp3) is 0.0842. The van der Waals surface area contributed by atoms with E-state index in [0.717, 1.165) is 87.2 Å². The van der Waals surface area contributed by atoms with Gasteiger partial charge in [-0.1, -0.05) is 171 Å². The number of methoxy groups -OCH3 is 8. The lowest BCUT2D eigenvalue weighted by molar-refractivity contribution is 0.354. The molecule has 14 aromatic carbocycles. The number of rotatable bonds is 17. The summed E-state index contributed by atoms with van der Waals surface area (Å²) in [5.74, 6) is 3.38. The van der Waals surface area contributed by atoms with Crippen LogP contribution < -0.4 is 37.9 Å². The predicted octanol–water partition coefficient (Wildman–Crippen LogP) is 24.8. The van der Waals surface area contributed by atoms with E-state index in [-0.39, 0.29) is 52.1 Å². The molecule has 0 atom stereocenters. The van der Waals surface area contributed by atoms with Gasteiger partial charge in [-0.3, -0.25) is 0 Å². The molecule has 0 spiro atoms. The molecule has 0 radical (unpaired) electrons. The molecule has 1 aromatic heterocycles. The molecular weight excluding hydrogens is 1670 g/mol. The highest BCUT2D eigenvalue weighted by Crippen LogP contribution is 2.46. The van der Waals surface area contributed by atoms with Crippen LogP contribution >= 0.6 is 31.9 Å². The van der Waals surface area contributed by atoms with Crippen molar-refractivity contribution in [3.8, 4) is 169 Å². The van der Waals surface area contributed by atoms with Crippen molar-refractivity contribution in [2.45, 2.75) is 0 Å². The van der Waals surface area contributed by atoms with Gasteiger partial charge in [0.25, 0.3) is 0 Å². The van der Waals surface area contributed by atoms with E-state index in [1.807, 2.05) is 97.1 Å². The SMILES string of the molecule is COc1cc(Br)c(-c2ccc(F)cc2)cc1OC.COc1ccc(-c2ccc(F)cc2)cc1OC.COc1ccc(Br)cc1OC.Oc1cc(-c2ccc(F)cc2)c(-c2ccc(-c3nn[nH]n3)cc2)cc1O.[C-]#[N+]c1ccc(-c2cc(O)c(O)cc2-c2ccc(F)cc2)cc1.[C-]#[N+]c1ccc(-c2cc(OC)c(OC)cc2-c2ccc(F)cc2)cc1. The smallest absolute Gasteiger partial charge is 0.204 e. The molecule has 606 valence electrons. The summed E-state index contributed by atoms with van der Waals surface area (Å²) in [6, 6.07) is 76.9. The number of hydrogen-bond acceptors (Lipinski definition) is 15. The summed E-state index contributed by atoms with van der Waals surface area (Å²) in [4.78, 5) is 6.77. The average molecular weight is 1750 g/mol. The van der Waals surface area contributed by atoms with Crippen LogP contribution in [-0.4, -0.2) is 97.9 Å². The zero-order chi connectivity index (χ0) is 85.9. The second-order valence-electron chi connectivity index (χ2n) is 25.4. The van der Waals surface area contributed by atoms with Gasteiger partial charge in [-0.15, -0.1) is 10.2 Å². The second-order valence-corrected chi connectivity index (χ2v) is 27.2. The van der Waals surface area contributed by atoms with Crippen LogP contribution in [0.5, 0.6) is 69.0 Å². The molecule has 0 aliphatic heterocycles. The van der Waals surface area contributed by atoms with Crippen molar-refractivity contribution in [1.82, 2.24) is 20.6 Å². The molecule has 18 nitrogen and oxygen atoms in total. The van der Waals surface area contributed by atoms with Gasteiger partial charge in [0, 0.05) is 14.5 Å². The van der Waals surface area contributed by atoms with Gasteiger partial charge in [0.05, 0.1) is 70.0 Å². The van der Waals surface area contributed by atoms with Crippen LogP contribution in [0.2, 0.25) is 0 Å². The van der Waals surface area contributed by atoms with Gasteiger partial charge >= 0.3 is 0 Å². The van der Waals surface area contributed by atoms with Crippen LogP contribution in [-0.2, 0) is 0 Å². The van der Waals surface area contributed by atoms with Crippen LogP contribution in [0.3, 0.4) is 0 Å². The van der Waals surface area contributed by atoms with Crippen molar-refractivity contribution < 1.29 is 80.3 Å². The van der Waals surface area contributed by atoms with Crippen molar-refractivity contribution in [3.05, 3.63) is 340 Å². The van der Waals surface area contributed by atoms with Gasteiger partial charge in [0.1, 0.15) is 29.1 Å². The molecule has 0 aliphatic carbocycles. The van der Waals surface area contributed by atoms with E-state index in [1.165, 1.54) is 84.9 Å². The first-order valence-electron chi connectivity index (χ1n) is 36.0. The molecule has 15 aromatic rings. The first-order chi connectivity index (χ1) is 58.0. The Hall–Kier alpha value is -14.7. The van der Waals surface area contributed by atoms with Gasteiger partial charge in [-0.2, -0.15) is 5.21 Å². The number of benzene rings is 14. The van der Waals surface area contributed by atoms with Gasteiger partial charge < -0.3 is 58.3 Å². The molecular formula is C95H75Br2F5N6O12. The van der Waals surface area contributed by atoms with E-state index in [4.69, 9.17) is 51.0 Å². The number of phenolic OH excluding ortho intramolecular Hbond substituents is 4. The maximum Gasteiger partial charge on any atom is 0.204 e. The van der Waals surface area contributed by atoms with Gasteiger partial charge in [0.2, 0.25) is 5.82 Å². The minimum absolute atomic E-state index is 0.229. The Morgan fingerprint density at radius 3 is 0.842 bits per heavy atom. The lowest BCUT2D eigenvalue weighted by atomic mass is 9.93. The second kappa shape index (κ2) is 42.3. The molecule has 0 fully saturated rings. The Labute approximate surface area is 706 Å². The normalized spacial score (nSPS) is 10.2. The summed E-state index contributed by atoms with van der Waals surface area (Å²) < 4.78 is 109. The van der Waals surface area contributed by atoms with E-state index in [1.54, 1.807) is 154 Å². The fourth-order valence-electron chi connectivity index (χ4n) is 12.0. The largest absolute Gasteiger partial charge is 0.504 e. The molecule has 25 heteroatoms. The Morgan fingerprint density at radius 2 is 0.525 bits per heavy atom. The third-order valence-corrected chi connectivity index (χ3v) is 19.3. The number of ether oxygens (including phenoxy) is 8. The topological polar surface area (TPSA) is 218 Å². The fourth-order valence-corrected chi connectivity index (χ4v) is 12.9. The molecule has 0 bridgehead atoms. The van der Waals surface area contributed by atoms with Crippen LogP contribution in [0.25, 0.3) is 110 Å². The molecule has 0 saturated carbocycles. The minimum atomic E-state index is -0.347. The Balaban J connectivity index is 0.000000154. The average Bonchev–Trinajstić information content (AvgIpc) is 1.31. The Bertz CT molecular complexity index is 6030. The highest BCUT2D eigenvalue weighted by Gasteiger charge is 2.19. The molecule has 0 saturated heterocycles. The van der Waals surface area contributed by atoms with Crippen LogP contribution in [0.15, 0.2) is 288 Å². The summed E-state index contributed by atoms with van der Waals surface area (Å²) in [6.07, 6.45) is 0. The minimum Gasteiger partial charge on any atom is -0.504 e. The lowest BCUT2D eigenvalue weighted by Crippen LogP contribution is -1.94. The van der Waals surface area contributed by atoms with E-state index < -0.39 is 0 Å². The first kappa shape index (κ1) is 87.7. The van der Waals surface area contributed by atoms with Gasteiger partial charge in [0.15, 0.2) is 80.4 Å². The number of hydrogen-bond donors (Lipinski definition) is 5. The summed E-state index contributed by atoms with van der Waals surface area (Å²) >= 11 is 6.81. The molecule has 1 heterocycles. The highest BCUT2D eigenvalue weighted by molar-refractivity contribution is 9.10.